The second-order valence-corrected chi connectivity index (χ2v) is 4.10. The van der Waals surface area contributed by atoms with Crippen LogP contribution in [0.5, 0.6) is 5.75 Å². The fraction of sp³-hybridized carbons (Fsp3) is 0.385. The molecule has 0 radical (unpaired) electrons. The van der Waals surface area contributed by atoms with Crippen LogP contribution < -0.4 is 4.74 Å². The Hall–Kier alpha value is -1.35. The largest absolute Gasteiger partial charge is 0.494 e. The van der Waals surface area contributed by atoms with E-state index in [1.165, 1.54) is 13.2 Å². The molecule has 0 spiro atoms. The molecule has 0 saturated carbocycles. The lowest BCUT2D eigenvalue weighted by Crippen LogP contribution is -2.19. The molecular weight excluding hydrogens is 205 g/mol. The number of hydrogen-bond donors (Lipinski definition) is 0. The Morgan fingerprint density at radius 1 is 1.50 bits per heavy atom. The van der Waals surface area contributed by atoms with Crippen molar-refractivity contribution in [2.75, 3.05) is 20.7 Å². The molecule has 0 fully saturated rings. The Balaban J connectivity index is 2.67. The number of nitrogens with zero attached hydrogens (tertiary/aromatic N) is 1. The SMILES string of the molecule is C=C(C)CN(C)Cc1ccc(OC)c(F)c1. The molecule has 0 saturated heterocycles. The van der Waals surface area contributed by atoms with E-state index in [0.29, 0.717) is 6.54 Å². The van der Waals surface area contributed by atoms with Crippen molar-refractivity contribution in [2.45, 2.75) is 13.5 Å². The number of hydrogen-bond acceptors (Lipinski definition) is 2. The first-order valence-corrected chi connectivity index (χ1v) is 5.18. The fourth-order valence-electron chi connectivity index (χ4n) is 1.64. The lowest BCUT2D eigenvalue weighted by atomic mass is 10.2. The molecule has 2 nitrogen and oxygen atoms in total. The summed E-state index contributed by atoms with van der Waals surface area (Å²) in [5, 5.41) is 0. The molecule has 0 aliphatic carbocycles. The third kappa shape index (κ3) is 3.66. The van der Waals surface area contributed by atoms with Crippen LogP contribution in [0.15, 0.2) is 30.4 Å². The van der Waals surface area contributed by atoms with Crippen molar-refractivity contribution in [3.63, 3.8) is 0 Å². The lowest BCUT2D eigenvalue weighted by Gasteiger charge is -2.16. The molecule has 3 heteroatoms. The van der Waals surface area contributed by atoms with Crippen molar-refractivity contribution in [2.24, 2.45) is 0 Å². The Bertz CT molecular complexity index is 376. The van der Waals surface area contributed by atoms with Crippen LogP contribution >= 0.6 is 0 Å². The van der Waals surface area contributed by atoms with E-state index in [1.807, 2.05) is 20.0 Å². The average Bonchev–Trinajstić information content (AvgIpc) is 2.16. The highest BCUT2D eigenvalue weighted by atomic mass is 19.1. The third-order valence-electron chi connectivity index (χ3n) is 2.21. The highest BCUT2D eigenvalue weighted by Crippen LogP contribution is 2.18. The van der Waals surface area contributed by atoms with Crippen molar-refractivity contribution in [3.8, 4) is 5.75 Å². The van der Waals surface area contributed by atoms with E-state index in [4.69, 9.17) is 4.74 Å². The molecule has 0 aromatic heterocycles. The molecule has 0 unspecified atom stereocenters. The van der Waals surface area contributed by atoms with Gasteiger partial charge in [-0.15, -0.1) is 0 Å². The number of halogens is 1. The average molecular weight is 223 g/mol. The highest BCUT2D eigenvalue weighted by molar-refractivity contribution is 5.29. The lowest BCUT2D eigenvalue weighted by molar-refractivity contribution is 0.352. The summed E-state index contributed by atoms with van der Waals surface area (Å²) < 4.78 is 18.3. The van der Waals surface area contributed by atoms with Crippen molar-refractivity contribution < 1.29 is 9.13 Å². The molecule has 0 aliphatic rings. The van der Waals surface area contributed by atoms with Crippen LogP contribution in [-0.2, 0) is 6.54 Å². The maximum absolute atomic E-state index is 13.4. The van der Waals surface area contributed by atoms with Gasteiger partial charge in [0.1, 0.15) is 0 Å². The number of rotatable bonds is 5. The summed E-state index contributed by atoms with van der Waals surface area (Å²) in [4.78, 5) is 2.09. The van der Waals surface area contributed by atoms with Crippen molar-refractivity contribution in [1.82, 2.24) is 4.90 Å². The molecular formula is C13H18FNO. The molecule has 0 amide bonds. The van der Waals surface area contributed by atoms with Gasteiger partial charge in [0.05, 0.1) is 7.11 Å². The van der Waals surface area contributed by atoms with Gasteiger partial charge in [-0.25, -0.2) is 4.39 Å². The van der Waals surface area contributed by atoms with Gasteiger partial charge in [-0.05, 0) is 31.7 Å². The highest BCUT2D eigenvalue weighted by Gasteiger charge is 2.05. The molecule has 1 aromatic carbocycles. The van der Waals surface area contributed by atoms with Crippen LogP contribution in [0.2, 0.25) is 0 Å². The quantitative estimate of drug-likeness (QED) is 0.712. The maximum atomic E-state index is 13.4. The molecule has 0 N–H and O–H groups in total. The Labute approximate surface area is 96.3 Å². The van der Waals surface area contributed by atoms with Gasteiger partial charge in [-0.3, -0.25) is 4.90 Å². The first-order chi connectivity index (χ1) is 7.52. The standard InChI is InChI=1S/C13H18FNO/c1-10(2)8-15(3)9-11-5-6-13(16-4)12(14)7-11/h5-7H,1,8-9H2,2-4H3. The number of ether oxygens (including phenoxy) is 1. The molecule has 88 valence electrons. The number of likely N-dealkylation sites (N-methyl/N-ethyl adjacent to an activating group) is 1. The molecule has 16 heavy (non-hydrogen) atoms. The van der Waals surface area contributed by atoms with E-state index < -0.39 is 0 Å². The first-order valence-electron chi connectivity index (χ1n) is 5.18. The zero-order valence-corrected chi connectivity index (χ0v) is 10.1. The van der Waals surface area contributed by atoms with Crippen LogP contribution in [0, 0.1) is 5.82 Å². The molecule has 1 rings (SSSR count). The monoisotopic (exact) mass is 223 g/mol. The zero-order valence-electron chi connectivity index (χ0n) is 10.1. The molecule has 0 atom stereocenters. The third-order valence-corrected chi connectivity index (χ3v) is 2.21. The smallest absolute Gasteiger partial charge is 0.165 e. The van der Waals surface area contributed by atoms with Crippen LogP contribution in [0.25, 0.3) is 0 Å². The van der Waals surface area contributed by atoms with E-state index in [2.05, 4.69) is 11.5 Å². The summed E-state index contributed by atoms with van der Waals surface area (Å²) in [6.07, 6.45) is 0. The topological polar surface area (TPSA) is 12.5 Å². The van der Waals surface area contributed by atoms with Gasteiger partial charge in [0.25, 0.3) is 0 Å². The summed E-state index contributed by atoms with van der Waals surface area (Å²) in [7, 11) is 3.45. The minimum absolute atomic E-state index is 0.284. The van der Waals surface area contributed by atoms with Crippen LogP contribution in [0.3, 0.4) is 0 Å². The van der Waals surface area contributed by atoms with Gasteiger partial charge in [-0.1, -0.05) is 18.2 Å². The van der Waals surface area contributed by atoms with Crippen molar-refractivity contribution in [1.29, 1.82) is 0 Å². The minimum Gasteiger partial charge on any atom is -0.494 e. The predicted molar refractivity (Wildman–Crippen MR) is 64.1 cm³/mol. The van der Waals surface area contributed by atoms with E-state index >= 15 is 0 Å². The van der Waals surface area contributed by atoms with Gasteiger partial charge in [0, 0.05) is 13.1 Å². The molecule has 0 bridgehead atoms. The zero-order chi connectivity index (χ0) is 12.1. The van der Waals surface area contributed by atoms with Crippen molar-refractivity contribution >= 4 is 0 Å². The molecule has 0 aliphatic heterocycles. The van der Waals surface area contributed by atoms with Gasteiger partial charge in [0.2, 0.25) is 0 Å². The van der Waals surface area contributed by atoms with Gasteiger partial charge >= 0.3 is 0 Å². The molecule has 0 heterocycles. The fourth-order valence-corrected chi connectivity index (χ4v) is 1.64. The van der Waals surface area contributed by atoms with Crippen LogP contribution in [0.4, 0.5) is 4.39 Å². The first kappa shape index (κ1) is 12.7. The van der Waals surface area contributed by atoms with Crippen LogP contribution in [0.1, 0.15) is 12.5 Å². The second kappa shape index (κ2) is 5.66. The normalized spacial score (nSPS) is 10.6. The minimum atomic E-state index is -0.316. The summed E-state index contributed by atoms with van der Waals surface area (Å²) in [6.45, 7) is 7.34. The summed E-state index contributed by atoms with van der Waals surface area (Å²) in [5.74, 6) is -0.0324. The van der Waals surface area contributed by atoms with Gasteiger partial charge in [-0.2, -0.15) is 0 Å². The van der Waals surface area contributed by atoms with Crippen LogP contribution in [-0.4, -0.2) is 25.6 Å². The summed E-state index contributed by atoms with van der Waals surface area (Å²) in [6, 6.07) is 5.03. The predicted octanol–water partition coefficient (Wildman–Crippen LogP) is 2.84. The Kier molecular flexibility index (Phi) is 4.50. The number of methoxy groups -OCH3 is 1. The second-order valence-electron chi connectivity index (χ2n) is 4.10. The Morgan fingerprint density at radius 2 is 2.19 bits per heavy atom. The molecule has 1 aromatic rings. The van der Waals surface area contributed by atoms with Crippen molar-refractivity contribution in [3.05, 3.63) is 41.7 Å². The Morgan fingerprint density at radius 3 is 2.69 bits per heavy atom. The van der Waals surface area contributed by atoms with E-state index in [-0.39, 0.29) is 11.6 Å². The summed E-state index contributed by atoms with van der Waals surface area (Å²) in [5.41, 5.74) is 2.03. The van der Waals surface area contributed by atoms with E-state index in [1.54, 1.807) is 6.07 Å². The number of benzene rings is 1. The van der Waals surface area contributed by atoms with Gasteiger partial charge < -0.3 is 4.74 Å². The summed E-state index contributed by atoms with van der Waals surface area (Å²) >= 11 is 0. The van der Waals surface area contributed by atoms with E-state index in [0.717, 1.165) is 17.7 Å². The maximum Gasteiger partial charge on any atom is 0.165 e. The van der Waals surface area contributed by atoms with E-state index in [9.17, 15) is 4.39 Å². The van der Waals surface area contributed by atoms with Gasteiger partial charge in [0.15, 0.2) is 11.6 Å².